The quantitative estimate of drug-likeness (QED) is 0.473. The first-order valence-electron chi connectivity index (χ1n) is 6.62. The van der Waals surface area contributed by atoms with Crippen molar-refractivity contribution in [2.24, 2.45) is 0 Å². The maximum atomic E-state index is 13.7. The highest BCUT2D eigenvalue weighted by molar-refractivity contribution is 7.90. The topological polar surface area (TPSA) is 124 Å². The number of halogens is 1. The number of hydrogen-bond donors (Lipinski definition) is 1. The predicted octanol–water partition coefficient (Wildman–Crippen LogP) is 1.36. The molecule has 0 aliphatic carbocycles. The van der Waals surface area contributed by atoms with Crippen molar-refractivity contribution in [3.05, 3.63) is 46.7 Å². The molecule has 1 heterocycles. The lowest BCUT2D eigenvalue weighted by molar-refractivity contribution is -0.389. The third-order valence-electron chi connectivity index (χ3n) is 3.04. The largest absolute Gasteiger partial charge is 0.381 e. The van der Waals surface area contributed by atoms with Gasteiger partial charge in [0.2, 0.25) is 12.2 Å². The van der Waals surface area contributed by atoms with Crippen LogP contribution in [0.4, 0.5) is 15.9 Å². The maximum absolute atomic E-state index is 13.7. The summed E-state index contributed by atoms with van der Waals surface area (Å²) in [4.78, 5) is 25.1. The van der Waals surface area contributed by atoms with Gasteiger partial charge in [-0.15, -0.1) is 0 Å². The highest BCUT2D eigenvalue weighted by atomic mass is 32.2. The number of anilines is 1. The van der Waals surface area contributed by atoms with Crippen molar-refractivity contribution in [2.75, 3.05) is 11.6 Å². The second-order valence-corrected chi connectivity index (χ2v) is 6.95. The number of aryl methyl sites for hydroxylation is 1. The molecule has 0 saturated heterocycles. The molecule has 2 aromatic rings. The molecule has 0 unspecified atom stereocenters. The number of rotatable bonds is 6. The number of carbonyl (C=O) groups excluding carboxylic acids is 1. The highest BCUT2D eigenvalue weighted by Crippen LogP contribution is 2.20. The Balaban J connectivity index is 2.03. The molecule has 0 saturated carbocycles. The van der Waals surface area contributed by atoms with Crippen LogP contribution in [-0.4, -0.2) is 35.1 Å². The predicted molar refractivity (Wildman–Crippen MR) is 81.6 cm³/mol. The van der Waals surface area contributed by atoms with Gasteiger partial charge >= 0.3 is 5.82 Å². The Labute approximate surface area is 136 Å². The van der Waals surface area contributed by atoms with Gasteiger partial charge in [-0.25, -0.2) is 12.8 Å². The maximum Gasteiger partial charge on any atom is 0.381 e. The molecule has 11 heteroatoms. The molecule has 0 fully saturated rings. The number of amides is 1. The molecule has 1 N–H and O–H groups in total. The smallest absolute Gasteiger partial charge is 0.358 e. The van der Waals surface area contributed by atoms with E-state index in [0.717, 1.165) is 30.7 Å². The van der Waals surface area contributed by atoms with Gasteiger partial charge in [0.05, 0.1) is 10.6 Å². The molecule has 9 nitrogen and oxygen atoms in total. The van der Waals surface area contributed by atoms with E-state index in [0.29, 0.717) is 0 Å². The van der Waals surface area contributed by atoms with Gasteiger partial charge in [0.25, 0.3) is 0 Å². The van der Waals surface area contributed by atoms with Gasteiger partial charge in [-0.05, 0) is 28.1 Å². The molecular formula is C13H13FN4O5S. The first-order valence-corrected chi connectivity index (χ1v) is 8.51. The van der Waals surface area contributed by atoms with Gasteiger partial charge in [-0.1, -0.05) is 0 Å². The Bertz CT molecular complexity index is 894. The van der Waals surface area contributed by atoms with E-state index in [9.17, 15) is 27.7 Å². The summed E-state index contributed by atoms with van der Waals surface area (Å²) < 4.78 is 37.9. The van der Waals surface area contributed by atoms with Crippen molar-refractivity contribution in [3.63, 3.8) is 0 Å². The van der Waals surface area contributed by atoms with Crippen LogP contribution in [0, 0.1) is 15.9 Å². The molecular weight excluding hydrogens is 343 g/mol. The Morgan fingerprint density at radius 1 is 1.46 bits per heavy atom. The average molecular weight is 356 g/mol. The molecule has 0 bridgehead atoms. The van der Waals surface area contributed by atoms with E-state index in [1.54, 1.807) is 0 Å². The fourth-order valence-electron chi connectivity index (χ4n) is 1.84. The first kappa shape index (κ1) is 17.5. The summed E-state index contributed by atoms with van der Waals surface area (Å²) in [6, 6.07) is 3.08. The van der Waals surface area contributed by atoms with E-state index in [1.807, 2.05) is 0 Å². The van der Waals surface area contributed by atoms with Crippen LogP contribution >= 0.6 is 0 Å². The Hall–Kier alpha value is -2.82. The molecule has 0 radical (unpaired) electrons. The van der Waals surface area contributed by atoms with Gasteiger partial charge in [-0.2, -0.15) is 0 Å². The third kappa shape index (κ3) is 4.35. The number of carbonyl (C=O) groups is 1. The van der Waals surface area contributed by atoms with E-state index in [4.69, 9.17) is 0 Å². The van der Waals surface area contributed by atoms with Crippen molar-refractivity contribution in [2.45, 2.75) is 17.9 Å². The van der Waals surface area contributed by atoms with Crippen molar-refractivity contribution in [1.29, 1.82) is 0 Å². The van der Waals surface area contributed by atoms with Gasteiger partial charge in [0.15, 0.2) is 9.84 Å². The highest BCUT2D eigenvalue weighted by Gasteiger charge is 2.14. The number of aromatic nitrogens is 2. The minimum Gasteiger partial charge on any atom is -0.358 e. The second-order valence-electron chi connectivity index (χ2n) is 4.94. The molecule has 1 aromatic carbocycles. The van der Waals surface area contributed by atoms with Gasteiger partial charge in [0, 0.05) is 19.2 Å². The molecule has 1 amide bonds. The van der Waals surface area contributed by atoms with Crippen LogP contribution in [0.3, 0.4) is 0 Å². The Kier molecular flexibility index (Phi) is 4.93. The number of nitrogens with one attached hydrogen (secondary N) is 1. The lowest BCUT2D eigenvalue weighted by Gasteiger charge is -2.08. The van der Waals surface area contributed by atoms with E-state index in [2.05, 4.69) is 10.3 Å². The fraction of sp³-hybridized carbons (Fsp3) is 0.231. The second kappa shape index (κ2) is 6.74. The number of benzene rings is 1. The van der Waals surface area contributed by atoms with Crippen LogP contribution < -0.4 is 5.32 Å². The molecule has 0 atom stereocenters. The minimum absolute atomic E-state index is 0.0973. The standard InChI is InChI=1S/C13H13FN4O5S/c1-24(22,23)9-2-3-10(14)11(6-9)16-13(19)4-5-17-7-12(15-8-17)18(20)21/h2-3,6-8H,4-5H2,1H3,(H,16,19). The molecule has 2 rings (SSSR count). The van der Waals surface area contributed by atoms with Crippen LogP contribution in [0.5, 0.6) is 0 Å². The lowest BCUT2D eigenvalue weighted by Crippen LogP contribution is -2.15. The van der Waals surface area contributed by atoms with Crippen LogP contribution in [-0.2, 0) is 21.2 Å². The molecule has 0 aliphatic heterocycles. The number of sulfone groups is 1. The van der Waals surface area contributed by atoms with Crippen molar-refractivity contribution in [1.82, 2.24) is 9.55 Å². The van der Waals surface area contributed by atoms with Crippen molar-refractivity contribution < 1.29 is 22.5 Å². The average Bonchev–Trinajstić information content (AvgIpc) is 2.95. The summed E-state index contributed by atoms with van der Waals surface area (Å²) in [5.74, 6) is -1.69. The zero-order chi connectivity index (χ0) is 17.9. The Morgan fingerprint density at radius 2 is 2.17 bits per heavy atom. The van der Waals surface area contributed by atoms with Crippen LogP contribution in [0.2, 0.25) is 0 Å². The van der Waals surface area contributed by atoms with Gasteiger partial charge in [0.1, 0.15) is 12.0 Å². The molecule has 24 heavy (non-hydrogen) atoms. The molecule has 0 aliphatic rings. The molecule has 1 aromatic heterocycles. The number of imidazole rings is 1. The summed E-state index contributed by atoms with van der Waals surface area (Å²) in [7, 11) is -3.53. The zero-order valence-electron chi connectivity index (χ0n) is 12.5. The monoisotopic (exact) mass is 356 g/mol. The summed E-state index contributed by atoms with van der Waals surface area (Å²) in [6.07, 6.45) is 3.24. The van der Waals surface area contributed by atoms with Gasteiger partial charge < -0.3 is 20.0 Å². The molecule has 128 valence electrons. The van der Waals surface area contributed by atoms with Crippen LogP contribution in [0.25, 0.3) is 0 Å². The van der Waals surface area contributed by atoms with E-state index in [-0.39, 0.29) is 29.4 Å². The SMILES string of the molecule is CS(=O)(=O)c1ccc(F)c(NC(=O)CCn2cnc([N+](=O)[O-])c2)c1. The number of hydrogen-bond acceptors (Lipinski definition) is 6. The summed E-state index contributed by atoms with van der Waals surface area (Å²) in [5, 5.41) is 12.8. The zero-order valence-corrected chi connectivity index (χ0v) is 13.3. The fourth-order valence-corrected chi connectivity index (χ4v) is 2.49. The van der Waals surface area contributed by atoms with Crippen LogP contribution in [0.15, 0.2) is 35.6 Å². The Morgan fingerprint density at radius 3 is 2.75 bits per heavy atom. The van der Waals surface area contributed by atoms with E-state index in [1.165, 1.54) is 10.9 Å². The minimum atomic E-state index is -3.53. The lowest BCUT2D eigenvalue weighted by atomic mass is 10.3. The normalized spacial score (nSPS) is 11.2. The molecule has 0 spiro atoms. The number of nitro groups is 1. The van der Waals surface area contributed by atoms with E-state index >= 15 is 0 Å². The summed E-state index contributed by atoms with van der Waals surface area (Å²) >= 11 is 0. The number of nitrogens with zero attached hydrogens (tertiary/aromatic N) is 3. The summed E-state index contributed by atoms with van der Waals surface area (Å²) in [5.41, 5.74) is -0.250. The van der Waals surface area contributed by atoms with Crippen molar-refractivity contribution >= 4 is 27.2 Å². The first-order chi connectivity index (χ1) is 11.2. The van der Waals surface area contributed by atoms with Gasteiger partial charge in [-0.3, -0.25) is 4.79 Å². The van der Waals surface area contributed by atoms with Crippen molar-refractivity contribution in [3.8, 4) is 0 Å². The van der Waals surface area contributed by atoms with E-state index < -0.39 is 26.5 Å². The third-order valence-corrected chi connectivity index (χ3v) is 4.15. The summed E-state index contributed by atoms with van der Waals surface area (Å²) in [6.45, 7) is 0.0973. The van der Waals surface area contributed by atoms with Crippen LogP contribution in [0.1, 0.15) is 6.42 Å².